The van der Waals surface area contributed by atoms with E-state index in [1.807, 2.05) is 0 Å². The predicted molar refractivity (Wildman–Crippen MR) is 67.5 cm³/mol. The van der Waals surface area contributed by atoms with Crippen LogP contribution in [0.4, 0.5) is 0 Å². The summed E-state index contributed by atoms with van der Waals surface area (Å²) in [6.45, 7) is 6.31. The van der Waals surface area contributed by atoms with Crippen LogP contribution < -0.4 is 0 Å². The van der Waals surface area contributed by atoms with E-state index in [4.69, 9.17) is 9.68 Å². The molecule has 0 aromatic heterocycles. The Bertz CT molecular complexity index is 277. The first-order valence-corrected chi connectivity index (χ1v) is 7.05. The van der Waals surface area contributed by atoms with Crippen LogP contribution in [0.25, 0.3) is 0 Å². The van der Waals surface area contributed by atoms with E-state index >= 15 is 0 Å². The van der Waals surface area contributed by atoms with Crippen LogP contribution in [0.2, 0.25) is 0 Å². The molecular weight excluding hydrogens is 243 g/mol. The maximum atomic E-state index is 12.6. The molecule has 6 nitrogen and oxygen atoms in total. The van der Waals surface area contributed by atoms with Crippen molar-refractivity contribution in [2.45, 2.75) is 38.4 Å². The van der Waals surface area contributed by atoms with Crippen molar-refractivity contribution in [3.63, 3.8) is 0 Å². The first-order chi connectivity index (χ1) is 7.33. The van der Waals surface area contributed by atoms with Crippen molar-refractivity contribution >= 4 is 7.37 Å². The zero-order chi connectivity index (χ0) is 14.1. The lowest BCUT2D eigenvalue weighted by atomic mass is 10.4. The zero-order valence-corrected chi connectivity index (χ0v) is 12.9. The smallest absolute Gasteiger partial charge is 0.265 e. The summed E-state index contributed by atoms with van der Waals surface area (Å²) >= 11 is 0. The van der Waals surface area contributed by atoms with Gasteiger partial charge in [-0.25, -0.2) is 0 Å². The maximum Gasteiger partial charge on any atom is 0.265 e. The van der Waals surface area contributed by atoms with E-state index in [2.05, 4.69) is 0 Å². The molecule has 0 radical (unpaired) electrons. The van der Waals surface area contributed by atoms with E-state index in [1.54, 1.807) is 55.9 Å². The molecule has 0 aromatic carbocycles. The molecule has 0 fully saturated rings. The highest BCUT2D eigenvalue weighted by Crippen LogP contribution is 2.64. The Labute approximate surface area is 104 Å². The average molecular weight is 268 g/mol. The molecule has 0 spiro atoms. The molecule has 0 aliphatic heterocycles. The Hall–Kier alpha value is 0.0300. The van der Waals surface area contributed by atoms with E-state index in [9.17, 15) is 9.46 Å². The lowest BCUT2D eigenvalue weighted by Gasteiger charge is -2.41. The lowest BCUT2D eigenvalue weighted by Crippen LogP contribution is -2.42. The van der Waals surface area contributed by atoms with Gasteiger partial charge in [-0.1, -0.05) is 0 Å². The van der Waals surface area contributed by atoms with Crippen LogP contribution in [0.1, 0.15) is 27.7 Å². The Morgan fingerprint density at radius 3 is 1.29 bits per heavy atom. The SMILES string of the molecule is CN(C)OC(C)(C)P(=O)(O)C(C)(C)ON(C)C. The molecule has 0 heterocycles. The molecule has 0 aliphatic carbocycles. The summed E-state index contributed by atoms with van der Waals surface area (Å²) in [5.41, 5.74) is 0. The van der Waals surface area contributed by atoms with Crippen molar-refractivity contribution in [2.75, 3.05) is 28.2 Å². The summed E-state index contributed by atoms with van der Waals surface area (Å²) in [7, 11) is 2.94. The second kappa shape index (κ2) is 5.34. The van der Waals surface area contributed by atoms with Crippen LogP contribution in [0.15, 0.2) is 0 Å². The molecule has 104 valence electrons. The van der Waals surface area contributed by atoms with E-state index in [-0.39, 0.29) is 0 Å². The summed E-state index contributed by atoms with van der Waals surface area (Å²) in [5.74, 6) is 0. The average Bonchev–Trinajstić information content (AvgIpc) is 1.97. The quantitative estimate of drug-likeness (QED) is 0.584. The van der Waals surface area contributed by atoms with Gasteiger partial charge in [0, 0.05) is 28.2 Å². The summed E-state index contributed by atoms with van der Waals surface area (Å²) in [5, 5.41) is 0.370. The van der Waals surface area contributed by atoms with Crippen molar-refractivity contribution in [3.8, 4) is 0 Å². The zero-order valence-electron chi connectivity index (χ0n) is 12.0. The van der Waals surface area contributed by atoms with Gasteiger partial charge in [0.1, 0.15) is 0 Å². The molecule has 0 aliphatic rings. The van der Waals surface area contributed by atoms with E-state index in [0.717, 1.165) is 0 Å². The van der Waals surface area contributed by atoms with Gasteiger partial charge in [-0.15, -0.1) is 0 Å². The Morgan fingerprint density at radius 1 is 0.882 bits per heavy atom. The van der Waals surface area contributed by atoms with Gasteiger partial charge in [-0.05, 0) is 27.7 Å². The highest BCUT2D eigenvalue weighted by Gasteiger charge is 2.54. The third-order valence-corrected chi connectivity index (χ3v) is 5.35. The first-order valence-electron chi connectivity index (χ1n) is 5.39. The molecule has 1 N–H and O–H groups in total. The Balaban J connectivity index is 5.17. The highest BCUT2D eigenvalue weighted by atomic mass is 31.2. The number of hydroxylamine groups is 4. The fourth-order valence-corrected chi connectivity index (χ4v) is 3.50. The van der Waals surface area contributed by atoms with Gasteiger partial charge in [-0.2, -0.15) is 10.1 Å². The normalized spacial score (nSPS) is 14.8. The van der Waals surface area contributed by atoms with E-state index in [0.29, 0.717) is 0 Å². The molecule has 0 atom stereocenters. The molecule has 7 heteroatoms. The van der Waals surface area contributed by atoms with Crippen LogP contribution in [0.5, 0.6) is 0 Å². The summed E-state index contributed by atoms with van der Waals surface area (Å²) < 4.78 is 12.6. The minimum absolute atomic E-state index is 1.23. The highest BCUT2D eigenvalue weighted by molar-refractivity contribution is 7.60. The third-order valence-electron chi connectivity index (χ3n) is 2.27. The van der Waals surface area contributed by atoms with Crippen LogP contribution in [-0.4, -0.2) is 53.9 Å². The van der Waals surface area contributed by atoms with Crippen molar-refractivity contribution in [1.82, 2.24) is 10.1 Å². The fraction of sp³-hybridized carbons (Fsp3) is 1.00. The topological polar surface area (TPSA) is 62.2 Å². The summed E-state index contributed by atoms with van der Waals surface area (Å²) in [6, 6.07) is 0. The molecule has 0 amide bonds. The number of hydrogen-bond acceptors (Lipinski definition) is 5. The molecule has 0 aromatic rings. The molecule has 0 saturated heterocycles. The van der Waals surface area contributed by atoms with Crippen LogP contribution >= 0.6 is 7.37 Å². The second-order valence-electron chi connectivity index (χ2n) is 5.28. The molecule has 17 heavy (non-hydrogen) atoms. The largest absolute Gasteiger partial charge is 0.340 e. The van der Waals surface area contributed by atoms with Gasteiger partial charge < -0.3 is 4.89 Å². The molecule has 0 unspecified atom stereocenters. The second-order valence-corrected chi connectivity index (χ2v) is 8.58. The van der Waals surface area contributed by atoms with Gasteiger partial charge in [0.05, 0.1) is 0 Å². The van der Waals surface area contributed by atoms with Crippen LogP contribution in [0, 0.1) is 0 Å². The molecule has 0 rings (SSSR count). The van der Waals surface area contributed by atoms with Crippen LogP contribution in [-0.2, 0) is 14.2 Å². The van der Waals surface area contributed by atoms with Gasteiger partial charge in [-0.3, -0.25) is 14.2 Å². The fourth-order valence-electron chi connectivity index (χ4n) is 1.65. The van der Waals surface area contributed by atoms with E-state index < -0.39 is 18.1 Å². The molecule has 0 saturated carbocycles. The first kappa shape index (κ1) is 17.0. The minimum Gasteiger partial charge on any atom is -0.340 e. The Morgan fingerprint density at radius 2 is 1.12 bits per heavy atom. The number of hydrogen-bond donors (Lipinski definition) is 1. The Kier molecular flexibility index (Phi) is 5.35. The lowest BCUT2D eigenvalue weighted by molar-refractivity contribution is -0.196. The van der Waals surface area contributed by atoms with Gasteiger partial charge in [0.25, 0.3) is 7.37 Å². The monoisotopic (exact) mass is 268 g/mol. The molecule has 0 bridgehead atoms. The number of nitrogens with zero attached hydrogens (tertiary/aromatic N) is 2. The third kappa shape index (κ3) is 4.02. The van der Waals surface area contributed by atoms with Crippen molar-refractivity contribution in [1.29, 1.82) is 0 Å². The van der Waals surface area contributed by atoms with Crippen LogP contribution in [0.3, 0.4) is 0 Å². The van der Waals surface area contributed by atoms with Gasteiger partial charge in [0.15, 0.2) is 10.7 Å². The van der Waals surface area contributed by atoms with Crippen molar-refractivity contribution < 1.29 is 19.1 Å². The van der Waals surface area contributed by atoms with Gasteiger partial charge in [0.2, 0.25) is 0 Å². The summed E-state index contributed by atoms with van der Waals surface area (Å²) in [4.78, 5) is 21.1. The van der Waals surface area contributed by atoms with Gasteiger partial charge >= 0.3 is 0 Å². The predicted octanol–water partition coefficient (Wildman–Crippen LogP) is 1.72. The van der Waals surface area contributed by atoms with Crippen molar-refractivity contribution in [2.24, 2.45) is 0 Å². The standard InChI is InChI=1S/C10H25N2O4P/c1-9(2,15-11(5)6)17(13,14)10(3,4)16-12(7)8/h1-8H3,(H,13,14). The minimum atomic E-state index is -3.73. The van der Waals surface area contributed by atoms with Crippen molar-refractivity contribution in [3.05, 3.63) is 0 Å². The maximum absolute atomic E-state index is 12.6. The summed E-state index contributed by atoms with van der Waals surface area (Å²) in [6.07, 6.45) is 0. The molecular formula is C10H25N2O4P. The van der Waals surface area contributed by atoms with E-state index in [1.165, 1.54) is 10.1 Å². The number of rotatable bonds is 6.